The lowest BCUT2D eigenvalue weighted by Gasteiger charge is -2.19. The lowest BCUT2D eigenvalue weighted by molar-refractivity contribution is -0.114. The Labute approximate surface area is 182 Å². The maximum absolute atomic E-state index is 12.8. The number of nitrogens with zero attached hydrogens (tertiary/aromatic N) is 2. The molecule has 2 aromatic rings. The minimum absolute atomic E-state index is 0.0538. The molecule has 1 fully saturated rings. The maximum Gasteiger partial charge on any atom is 0.251 e. The van der Waals surface area contributed by atoms with Crippen LogP contribution in [0.15, 0.2) is 42.5 Å². The fourth-order valence-electron chi connectivity index (χ4n) is 4.06. The van der Waals surface area contributed by atoms with E-state index in [4.69, 9.17) is 21.1 Å². The molecule has 0 bridgehead atoms. The summed E-state index contributed by atoms with van der Waals surface area (Å²) >= 11 is 6.03. The second kappa shape index (κ2) is 9.54. The minimum Gasteiger partial charge on any atom is -0.493 e. The average molecular weight is 427 g/mol. The Kier molecular flexibility index (Phi) is 6.60. The van der Waals surface area contributed by atoms with E-state index in [9.17, 15) is 4.79 Å². The second-order valence-electron chi connectivity index (χ2n) is 7.66. The first-order chi connectivity index (χ1) is 14.6. The summed E-state index contributed by atoms with van der Waals surface area (Å²) in [6.07, 6.45) is 6.72. The highest BCUT2D eigenvalue weighted by molar-refractivity contribution is 6.30. The normalized spacial score (nSPS) is 16.3. The Morgan fingerprint density at radius 1 is 1.13 bits per heavy atom. The van der Waals surface area contributed by atoms with E-state index in [-0.39, 0.29) is 5.91 Å². The molecule has 0 aliphatic carbocycles. The summed E-state index contributed by atoms with van der Waals surface area (Å²) in [6.45, 7) is 4.45. The topological polar surface area (TPSA) is 42.0 Å². The zero-order valence-electron chi connectivity index (χ0n) is 17.3. The van der Waals surface area contributed by atoms with Crippen molar-refractivity contribution >= 4 is 29.3 Å². The Bertz CT molecular complexity index is 938. The van der Waals surface area contributed by atoms with Gasteiger partial charge in [0.15, 0.2) is 11.5 Å². The van der Waals surface area contributed by atoms with Gasteiger partial charge in [0, 0.05) is 30.3 Å². The molecule has 4 rings (SSSR count). The lowest BCUT2D eigenvalue weighted by Crippen LogP contribution is -2.27. The van der Waals surface area contributed by atoms with Crippen LogP contribution in [0, 0.1) is 0 Å². The molecule has 2 aliphatic rings. The van der Waals surface area contributed by atoms with Gasteiger partial charge in [-0.2, -0.15) is 0 Å². The molecule has 0 N–H and O–H groups in total. The van der Waals surface area contributed by atoms with Crippen molar-refractivity contribution in [1.29, 1.82) is 0 Å². The molecule has 1 saturated heterocycles. The predicted octanol–water partition coefficient (Wildman–Crippen LogP) is 4.43. The van der Waals surface area contributed by atoms with Crippen molar-refractivity contribution in [2.75, 3.05) is 44.8 Å². The van der Waals surface area contributed by atoms with Crippen LogP contribution < -0.4 is 14.4 Å². The number of fused-ring (bicyclic) bond motifs is 1. The molecule has 158 valence electrons. The Balaban J connectivity index is 1.47. The van der Waals surface area contributed by atoms with Crippen molar-refractivity contribution in [3.8, 4) is 11.5 Å². The van der Waals surface area contributed by atoms with Gasteiger partial charge in [-0.15, -0.1) is 0 Å². The molecule has 30 heavy (non-hydrogen) atoms. The van der Waals surface area contributed by atoms with E-state index >= 15 is 0 Å². The summed E-state index contributed by atoms with van der Waals surface area (Å²) < 4.78 is 11.6. The molecule has 1 amide bonds. The van der Waals surface area contributed by atoms with Crippen LogP contribution >= 0.6 is 11.6 Å². The molecule has 2 aliphatic heterocycles. The summed E-state index contributed by atoms with van der Waals surface area (Å²) in [5.74, 6) is 1.36. The Morgan fingerprint density at radius 2 is 1.97 bits per heavy atom. The molecular weight excluding hydrogens is 400 g/mol. The molecular formula is C24H27ClN2O3. The summed E-state index contributed by atoms with van der Waals surface area (Å²) in [6, 6.07) is 11.4. The number of hydrogen-bond donors (Lipinski definition) is 0. The first kappa shape index (κ1) is 20.8. The molecule has 0 saturated carbocycles. The van der Waals surface area contributed by atoms with Gasteiger partial charge in [-0.05, 0) is 67.8 Å². The van der Waals surface area contributed by atoms with E-state index < -0.39 is 0 Å². The Morgan fingerprint density at radius 3 is 2.73 bits per heavy atom. The highest BCUT2D eigenvalue weighted by atomic mass is 35.5. The second-order valence-corrected chi connectivity index (χ2v) is 8.09. The number of carbonyl (C=O) groups excluding carboxylic acids is 1. The largest absolute Gasteiger partial charge is 0.493 e. The van der Waals surface area contributed by atoms with Gasteiger partial charge in [-0.1, -0.05) is 23.7 Å². The summed E-state index contributed by atoms with van der Waals surface area (Å²) in [5, 5.41) is 0.652. The maximum atomic E-state index is 12.8. The first-order valence-electron chi connectivity index (χ1n) is 10.5. The fraction of sp³-hybridized carbons (Fsp3) is 0.375. The third-order valence-electron chi connectivity index (χ3n) is 5.66. The van der Waals surface area contributed by atoms with Gasteiger partial charge >= 0.3 is 0 Å². The van der Waals surface area contributed by atoms with Crippen LogP contribution in [0.1, 0.15) is 24.0 Å². The average Bonchev–Trinajstić information content (AvgIpc) is 3.41. The van der Waals surface area contributed by atoms with Gasteiger partial charge < -0.3 is 14.4 Å². The Hall–Kier alpha value is -2.50. The number of rotatable bonds is 7. The summed E-state index contributed by atoms with van der Waals surface area (Å²) in [7, 11) is 1.65. The molecule has 0 unspecified atom stereocenters. The van der Waals surface area contributed by atoms with Crippen LogP contribution in [0.4, 0.5) is 5.69 Å². The number of carbonyl (C=O) groups is 1. The van der Waals surface area contributed by atoms with Gasteiger partial charge in [0.05, 0.1) is 12.8 Å². The summed E-state index contributed by atoms with van der Waals surface area (Å²) in [5.41, 5.74) is 2.90. The molecule has 0 spiro atoms. The molecule has 5 nitrogen and oxygen atoms in total. The highest BCUT2D eigenvalue weighted by Crippen LogP contribution is 2.39. The van der Waals surface area contributed by atoms with Crippen molar-refractivity contribution in [3.63, 3.8) is 0 Å². The van der Waals surface area contributed by atoms with E-state index in [2.05, 4.69) is 4.90 Å². The number of halogens is 1. The monoisotopic (exact) mass is 426 g/mol. The van der Waals surface area contributed by atoms with Crippen molar-refractivity contribution in [1.82, 2.24) is 4.90 Å². The standard InChI is InChI=1S/C24H27ClN2O3/c1-29-22-16-19-9-12-27(24(28)8-7-18-5-4-6-20(25)15-18)21(19)17-23(22)30-14-13-26-10-2-3-11-26/h4-8,15-17H,2-3,9-14H2,1H3/b8-7+. The minimum atomic E-state index is -0.0538. The smallest absolute Gasteiger partial charge is 0.251 e. The SMILES string of the molecule is COc1cc2c(cc1OCCN1CCCC1)N(C(=O)/C=C/c1cccc(Cl)c1)CC2. The van der Waals surface area contributed by atoms with Crippen LogP contribution in [-0.2, 0) is 11.2 Å². The van der Waals surface area contributed by atoms with E-state index in [1.807, 2.05) is 36.4 Å². The number of likely N-dealkylation sites (tertiary alicyclic amines) is 1. The number of anilines is 1. The van der Waals surface area contributed by atoms with E-state index in [1.54, 1.807) is 24.2 Å². The van der Waals surface area contributed by atoms with Crippen molar-refractivity contribution in [3.05, 3.63) is 58.6 Å². The molecule has 0 aromatic heterocycles. The first-order valence-corrected chi connectivity index (χ1v) is 10.8. The quantitative estimate of drug-likeness (QED) is 0.614. The molecule has 0 atom stereocenters. The number of hydrogen-bond acceptors (Lipinski definition) is 4. The van der Waals surface area contributed by atoms with E-state index in [0.717, 1.165) is 48.6 Å². The molecule has 2 aromatic carbocycles. The highest BCUT2D eigenvalue weighted by Gasteiger charge is 2.26. The van der Waals surface area contributed by atoms with Crippen LogP contribution in [0.3, 0.4) is 0 Å². The van der Waals surface area contributed by atoms with Crippen molar-refractivity contribution in [2.24, 2.45) is 0 Å². The van der Waals surface area contributed by atoms with Crippen LogP contribution in [0.5, 0.6) is 11.5 Å². The van der Waals surface area contributed by atoms with Crippen LogP contribution in [-0.4, -0.2) is 50.7 Å². The van der Waals surface area contributed by atoms with E-state index in [0.29, 0.717) is 23.9 Å². The zero-order valence-corrected chi connectivity index (χ0v) is 18.0. The zero-order chi connectivity index (χ0) is 20.9. The third kappa shape index (κ3) is 4.79. The van der Waals surface area contributed by atoms with Crippen LogP contribution in [0.2, 0.25) is 5.02 Å². The van der Waals surface area contributed by atoms with Crippen molar-refractivity contribution in [2.45, 2.75) is 19.3 Å². The molecule has 2 heterocycles. The van der Waals surface area contributed by atoms with Gasteiger partial charge in [0.2, 0.25) is 0 Å². The predicted molar refractivity (Wildman–Crippen MR) is 121 cm³/mol. The van der Waals surface area contributed by atoms with E-state index in [1.165, 1.54) is 12.8 Å². The van der Waals surface area contributed by atoms with Gasteiger partial charge in [-0.3, -0.25) is 9.69 Å². The van der Waals surface area contributed by atoms with Gasteiger partial charge in [0.1, 0.15) is 6.61 Å². The summed E-state index contributed by atoms with van der Waals surface area (Å²) in [4.78, 5) is 17.1. The van der Waals surface area contributed by atoms with Gasteiger partial charge in [-0.25, -0.2) is 0 Å². The number of amides is 1. The lowest BCUT2D eigenvalue weighted by atomic mass is 10.1. The number of ether oxygens (including phenoxy) is 2. The number of benzene rings is 2. The molecule has 0 radical (unpaired) electrons. The van der Waals surface area contributed by atoms with Crippen molar-refractivity contribution < 1.29 is 14.3 Å². The fourth-order valence-corrected chi connectivity index (χ4v) is 4.25. The molecule has 6 heteroatoms. The van der Waals surface area contributed by atoms with Crippen LogP contribution in [0.25, 0.3) is 6.08 Å². The third-order valence-corrected chi connectivity index (χ3v) is 5.89. The van der Waals surface area contributed by atoms with Gasteiger partial charge in [0.25, 0.3) is 5.91 Å². The number of methoxy groups -OCH3 is 1.